The van der Waals surface area contributed by atoms with E-state index >= 15 is 0 Å². The van der Waals surface area contributed by atoms with Gasteiger partial charge < -0.3 is 4.98 Å². The molecule has 0 saturated heterocycles. The summed E-state index contributed by atoms with van der Waals surface area (Å²) in [7, 11) is 0. The molecule has 0 atom stereocenters. The van der Waals surface area contributed by atoms with Gasteiger partial charge in [-0.15, -0.1) is 0 Å². The monoisotopic (exact) mass is 216 g/mol. The Labute approximate surface area is 94.7 Å². The highest BCUT2D eigenvalue weighted by atomic mass is 16.1. The van der Waals surface area contributed by atoms with Crippen molar-refractivity contribution in [3.8, 4) is 0 Å². The number of nitrogens with one attached hydrogen (secondary N) is 1. The molecule has 0 fully saturated rings. The molecule has 2 aromatic rings. The standard InChI is InChI=1S/C13H16N2O/c1-10-11(2)15(13(16)14-10)9-8-12-6-4-3-5-7-12/h3-7H,8-9H2,1-2H3,(H,14,16). The molecule has 2 rings (SSSR count). The van der Waals surface area contributed by atoms with Gasteiger partial charge in [-0.05, 0) is 25.8 Å². The zero-order valence-electron chi connectivity index (χ0n) is 9.66. The molecule has 16 heavy (non-hydrogen) atoms. The van der Waals surface area contributed by atoms with Crippen LogP contribution >= 0.6 is 0 Å². The molecule has 3 heteroatoms. The van der Waals surface area contributed by atoms with Crippen molar-refractivity contribution < 1.29 is 0 Å². The zero-order chi connectivity index (χ0) is 11.5. The summed E-state index contributed by atoms with van der Waals surface area (Å²) in [6.07, 6.45) is 0.888. The maximum Gasteiger partial charge on any atom is 0.325 e. The predicted molar refractivity (Wildman–Crippen MR) is 64.7 cm³/mol. The van der Waals surface area contributed by atoms with Crippen LogP contribution < -0.4 is 5.69 Å². The molecule has 1 aromatic heterocycles. The molecule has 0 aliphatic heterocycles. The van der Waals surface area contributed by atoms with E-state index in [1.807, 2.05) is 32.0 Å². The molecule has 0 spiro atoms. The molecule has 84 valence electrons. The maximum absolute atomic E-state index is 11.6. The number of aromatic nitrogens is 2. The second-order valence-electron chi connectivity index (χ2n) is 4.03. The Morgan fingerprint density at radius 2 is 1.88 bits per heavy atom. The van der Waals surface area contributed by atoms with Gasteiger partial charge in [-0.1, -0.05) is 30.3 Å². The number of aromatic amines is 1. The van der Waals surface area contributed by atoms with Crippen molar-refractivity contribution in [2.75, 3.05) is 0 Å². The fourth-order valence-electron chi connectivity index (χ4n) is 1.83. The SMILES string of the molecule is Cc1[nH]c(=O)n(CCc2ccccc2)c1C. The first kappa shape index (κ1) is 10.7. The minimum absolute atomic E-state index is 0.00840. The van der Waals surface area contributed by atoms with E-state index in [1.165, 1.54) is 5.56 Å². The number of benzene rings is 1. The highest BCUT2D eigenvalue weighted by Gasteiger charge is 2.05. The predicted octanol–water partition coefficient (Wildman–Crippen LogP) is 2.04. The second kappa shape index (κ2) is 4.39. The van der Waals surface area contributed by atoms with Crippen LogP contribution in [0.5, 0.6) is 0 Å². The first-order valence-corrected chi connectivity index (χ1v) is 5.48. The van der Waals surface area contributed by atoms with Crippen LogP contribution in [0, 0.1) is 13.8 Å². The lowest BCUT2D eigenvalue weighted by Crippen LogP contribution is -2.19. The van der Waals surface area contributed by atoms with Gasteiger partial charge in [0.1, 0.15) is 0 Å². The third kappa shape index (κ3) is 2.08. The third-order valence-electron chi connectivity index (χ3n) is 2.95. The van der Waals surface area contributed by atoms with Crippen LogP contribution in [-0.2, 0) is 13.0 Å². The van der Waals surface area contributed by atoms with E-state index in [4.69, 9.17) is 0 Å². The second-order valence-corrected chi connectivity index (χ2v) is 4.03. The van der Waals surface area contributed by atoms with Crippen molar-refractivity contribution in [3.05, 3.63) is 57.8 Å². The van der Waals surface area contributed by atoms with Crippen molar-refractivity contribution in [1.29, 1.82) is 0 Å². The fraction of sp³-hybridized carbons (Fsp3) is 0.308. The van der Waals surface area contributed by atoms with Crippen LogP contribution in [0.2, 0.25) is 0 Å². The maximum atomic E-state index is 11.6. The Balaban J connectivity index is 2.14. The van der Waals surface area contributed by atoms with E-state index in [0.29, 0.717) is 0 Å². The van der Waals surface area contributed by atoms with E-state index in [1.54, 1.807) is 4.57 Å². The summed E-state index contributed by atoms with van der Waals surface area (Å²) in [5.74, 6) is 0. The van der Waals surface area contributed by atoms with Crippen molar-refractivity contribution in [2.24, 2.45) is 0 Å². The lowest BCUT2D eigenvalue weighted by Gasteiger charge is -2.04. The van der Waals surface area contributed by atoms with Crippen LogP contribution in [0.15, 0.2) is 35.1 Å². The fourth-order valence-corrected chi connectivity index (χ4v) is 1.83. The molecule has 1 aromatic carbocycles. The number of nitrogens with zero attached hydrogens (tertiary/aromatic N) is 1. The Kier molecular flexibility index (Phi) is 2.95. The van der Waals surface area contributed by atoms with Gasteiger partial charge >= 0.3 is 5.69 Å². The molecule has 0 aliphatic rings. The van der Waals surface area contributed by atoms with Gasteiger partial charge in [0, 0.05) is 17.9 Å². The van der Waals surface area contributed by atoms with Crippen LogP contribution in [0.25, 0.3) is 0 Å². The van der Waals surface area contributed by atoms with Gasteiger partial charge in [0.25, 0.3) is 0 Å². The molecule has 0 radical (unpaired) electrons. The third-order valence-corrected chi connectivity index (χ3v) is 2.95. The summed E-state index contributed by atoms with van der Waals surface area (Å²) in [5, 5.41) is 0. The van der Waals surface area contributed by atoms with Crippen LogP contribution in [0.1, 0.15) is 17.0 Å². The molecule has 0 unspecified atom stereocenters. The average molecular weight is 216 g/mol. The average Bonchev–Trinajstić information content (AvgIpc) is 2.53. The summed E-state index contributed by atoms with van der Waals surface area (Å²) in [6.45, 7) is 4.63. The van der Waals surface area contributed by atoms with Crippen LogP contribution in [0.4, 0.5) is 0 Å². The van der Waals surface area contributed by atoms with E-state index in [0.717, 1.165) is 24.4 Å². The topological polar surface area (TPSA) is 37.8 Å². The van der Waals surface area contributed by atoms with E-state index in [-0.39, 0.29) is 5.69 Å². The molecule has 1 N–H and O–H groups in total. The Morgan fingerprint density at radius 3 is 2.44 bits per heavy atom. The van der Waals surface area contributed by atoms with Gasteiger partial charge in [0.05, 0.1) is 0 Å². The smallest absolute Gasteiger partial charge is 0.310 e. The van der Waals surface area contributed by atoms with Gasteiger partial charge in [-0.2, -0.15) is 0 Å². The van der Waals surface area contributed by atoms with E-state index in [9.17, 15) is 4.79 Å². The first-order valence-electron chi connectivity index (χ1n) is 5.48. The van der Waals surface area contributed by atoms with E-state index < -0.39 is 0 Å². The summed E-state index contributed by atoms with van der Waals surface area (Å²) in [5.41, 5.74) is 3.23. The van der Waals surface area contributed by atoms with E-state index in [2.05, 4.69) is 17.1 Å². The lowest BCUT2D eigenvalue weighted by atomic mass is 10.1. The quantitative estimate of drug-likeness (QED) is 0.837. The van der Waals surface area contributed by atoms with Crippen molar-refractivity contribution >= 4 is 0 Å². The molecule has 3 nitrogen and oxygen atoms in total. The number of hydrogen-bond acceptors (Lipinski definition) is 1. The summed E-state index contributed by atoms with van der Waals surface area (Å²) in [6, 6.07) is 10.2. The van der Waals surface area contributed by atoms with Crippen LogP contribution in [-0.4, -0.2) is 9.55 Å². The Bertz CT molecular complexity index is 523. The zero-order valence-corrected chi connectivity index (χ0v) is 9.66. The largest absolute Gasteiger partial charge is 0.325 e. The molecule has 0 aliphatic carbocycles. The number of hydrogen-bond donors (Lipinski definition) is 1. The highest BCUT2D eigenvalue weighted by Crippen LogP contribution is 2.04. The minimum atomic E-state index is -0.00840. The van der Waals surface area contributed by atoms with Crippen LogP contribution in [0.3, 0.4) is 0 Å². The van der Waals surface area contributed by atoms with Gasteiger partial charge in [-0.25, -0.2) is 4.79 Å². The molecule has 0 bridgehead atoms. The highest BCUT2D eigenvalue weighted by molar-refractivity contribution is 5.15. The Morgan fingerprint density at radius 1 is 1.19 bits per heavy atom. The normalized spacial score (nSPS) is 10.6. The lowest BCUT2D eigenvalue weighted by molar-refractivity contribution is 0.654. The number of imidazole rings is 1. The molecule has 1 heterocycles. The molecule has 0 amide bonds. The number of aryl methyl sites for hydroxylation is 2. The Hall–Kier alpha value is -1.77. The minimum Gasteiger partial charge on any atom is -0.310 e. The molecule has 0 saturated carbocycles. The van der Waals surface area contributed by atoms with Crippen molar-refractivity contribution in [2.45, 2.75) is 26.8 Å². The van der Waals surface area contributed by atoms with Crippen molar-refractivity contribution in [3.63, 3.8) is 0 Å². The molecular formula is C13H16N2O. The number of rotatable bonds is 3. The van der Waals surface area contributed by atoms with Gasteiger partial charge in [0.15, 0.2) is 0 Å². The summed E-state index contributed by atoms with van der Waals surface area (Å²) < 4.78 is 1.79. The number of H-pyrrole nitrogens is 1. The van der Waals surface area contributed by atoms with Crippen molar-refractivity contribution in [1.82, 2.24) is 9.55 Å². The van der Waals surface area contributed by atoms with Gasteiger partial charge in [-0.3, -0.25) is 4.57 Å². The van der Waals surface area contributed by atoms with Gasteiger partial charge in [0.2, 0.25) is 0 Å². The summed E-state index contributed by atoms with van der Waals surface area (Å²) >= 11 is 0. The molecular weight excluding hydrogens is 200 g/mol. The first-order chi connectivity index (χ1) is 7.68. The summed E-state index contributed by atoms with van der Waals surface area (Å²) in [4.78, 5) is 14.4.